The number of hydrogen-bond acceptors (Lipinski definition) is 7. The third-order valence-corrected chi connectivity index (χ3v) is 4.40. The fourth-order valence-corrected chi connectivity index (χ4v) is 2.99. The minimum atomic E-state index is -4.70. The molecule has 0 aliphatic rings. The maximum atomic E-state index is 13.7. The van der Waals surface area contributed by atoms with Crippen molar-refractivity contribution in [1.82, 2.24) is 15.0 Å². The largest absolute Gasteiger partial charge is 0.444 e. The predicted octanol–water partition coefficient (Wildman–Crippen LogP) is 4.78. The maximum absolute atomic E-state index is 13.7. The van der Waals surface area contributed by atoms with Crippen LogP contribution in [-0.4, -0.2) is 26.6 Å². The number of carbonyl (C=O) groups excluding carboxylic acids is 1. The number of carbonyl (C=O) groups is 1. The number of amides is 1. The fraction of sp³-hybridized carbons (Fsp3) is 0.250. The van der Waals surface area contributed by atoms with Crippen molar-refractivity contribution in [2.24, 2.45) is 0 Å². The molecule has 3 rings (SSSR count). The standard InChI is InChI=1S/C24H23F3N6O2/c1-13-18(7-5-14-6-8-19(28)30-12-14)20(33-21(29)31-13)15-9-16(24(25,26)27)11-17(10-15)32-22(34)35-23(2,3)4/h6,8-12H,1-4H3,(H2,28,30)(H,32,34)(H2,29,31,33). The van der Waals surface area contributed by atoms with Gasteiger partial charge in [0, 0.05) is 23.0 Å². The van der Waals surface area contributed by atoms with E-state index in [0.29, 0.717) is 17.1 Å². The van der Waals surface area contributed by atoms with Gasteiger partial charge < -0.3 is 16.2 Å². The van der Waals surface area contributed by atoms with Crippen molar-refractivity contribution in [3.05, 3.63) is 58.9 Å². The smallest absolute Gasteiger partial charge is 0.416 e. The summed E-state index contributed by atoms with van der Waals surface area (Å²) in [7, 11) is 0. The summed E-state index contributed by atoms with van der Waals surface area (Å²) in [5.41, 5.74) is 10.7. The van der Waals surface area contributed by atoms with Crippen LogP contribution in [0.5, 0.6) is 0 Å². The van der Waals surface area contributed by atoms with E-state index in [0.717, 1.165) is 12.1 Å². The Balaban J connectivity index is 2.14. The van der Waals surface area contributed by atoms with Crippen LogP contribution >= 0.6 is 0 Å². The SMILES string of the molecule is Cc1nc(N)nc(-c2cc(NC(=O)OC(C)(C)C)cc(C(F)(F)F)c2)c1C#Cc1ccc(N)nc1. The molecular formula is C24H23F3N6O2. The highest BCUT2D eigenvalue weighted by Crippen LogP contribution is 2.36. The van der Waals surface area contributed by atoms with Gasteiger partial charge in [-0.1, -0.05) is 11.8 Å². The van der Waals surface area contributed by atoms with E-state index in [1.54, 1.807) is 39.8 Å². The van der Waals surface area contributed by atoms with E-state index in [-0.39, 0.29) is 28.5 Å². The van der Waals surface area contributed by atoms with Gasteiger partial charge in [-0.05, 0) is 58.0 Å². The van der Waals surface area contributed by atoms with Gasteiger partial charge in [-0.15, -0.1) is 0 Å². The average molecular weight is 484 g/mol. The number of aromatic nitrogens is 3. The summed E-state index contributed by atoms with van der Waals surface area (Å²) in [6.07, 6.45) is -4.14. The normalized spacial score (nSPS) is 11.4. The molecule has 0 unspecified atom stereocenters. The lowest BCUT2D eigenvalue weighted by atomic mass is 10.0. The lowest BCUT2D eigenvalue weighted by Crippen LogP contribution is -2.27. The number of benzene rings is 1. The van der Waals surface area contributed by atoms with E-state index in [4.69, 9.17) is 16.2 Å². The van der Waals surface area contributed by atoms with E-state index in [1.807, 2.05) is 0 Å². The van der Waals surface area contributed by atoms with Crippen LogP contribution < -0.4 is 16.8 Å². The molecule has 0 radical (unpaired) electrons. The Labute approximate surface area is 199 Å². The third kappa shape index (κ3) is 6.83. The number of halogens is 3. The van der Waals surface area contributed by atoms with E-state index < -0.39 is 23.4 Å². The Hall–Kier alpha value is -4.33. The molecule has 2 heterocycles. The van der Waals surface area contributed by atoms with Gasteiger partial charge in [-0.25, -0.2) is 19.7 Å². The summed E-state index contributed by atoms with van der Waals surface area (Å²) in [6.45, 7) is 6.52. The first-order chi connectivity index (χ1) is 16.2. The average Bonchev–Trinajstić information content (AvgIpc) is 2.71. The third-order valence-electron chi connectivity index (χ3n) is 4.40. The second kappa shape index (κ2) is 9.50. The van der Waals surface area contributed by atoms with E-state index in [2.05, 4.69) is 32.1 Å². The molecule has 5 N–H and O–H groups in total. The molecule has 0 aliphatic carbocycles. The van der Waals surface area contributed by atoms with Gasteiger partial charge in [0.05, 0.1) is 22.5 Å². The number of anilines is 3. The van der Waals surface area contributed by atoms with Gasteiger partial charge >= 0.3 is 12.3 Å². The van der Waals surface area contributed by atoms with Gasteiger partial charge in [-0.3, -0.25) is 5.32 Å². The zero-order chi connectivity index (χ0) is 26.0. The molecule has 0 aliphatic heterocycles. The molecule has 1 aromatic carbocycles. The first-order valence-electron chi connectivity index (χ1n) is 10.3. The summed E-state index contributed by atoms with van der Waals surface area (Å²) in [6, 6.07) is 6.25. The summed E-state index contributed by atoms with van der Waals surface area (Å²) in [5, 5.41) is 2.34. The van der Waals surface area contributed by atoms with Crippen molar-refractivity contribution in [2.75, 3.05) is 16.8 Å². The summed E-state index contributed by atoms with van der Waals surface area (Å²) < 4.78 is 46.2. The van der Waals surface area contributed by atoms with E-state index in [9.17, 15) is 18.0 Å². The number of nitrogens with one attached hydrogen (secondary N) is 1. The van der Waals surface area contributed by atoms with Crippen molar-refractivity contribution in [2.45, 2.75) is 39.5 Å². The Bertz CT molecular complexity index is 1320. The molecule has 2 aromatic heterocycles. The van der Waals surface area contributed by atoms with Crippen LogP contribution in [0.3, 0.4) is 0 Å². The molecule has 35 heavy (non-hydrogen) atoms. The Morgan fingerprint density at radius 2 is 1.77 bits per heavy atom. The Morgan fingerprint density at radius 1 is 1.06 bits per heavy atom. The van der Waals surface area contributed by atoms with Gasteiger partial charge in [0.25, 0.3) is 0 Å². The quantitative estimate of drug-likeness (QED) is 0.447. The molecule has 11 heteroatoms. The van der Waals surface area contributed by atoms with Crippen LogP contribution in [0.25, 0.3) is 11.3 Å². The highest BCUT2D eigenvalue weighted by molar-refractivity contribution is 5.87. The van der Waals surface area contributed by atoms with Gasteiger partial charge in [-0.2, -0.15) is 13.2 Å². The first kappa shape index (κ1) is 25.3. The maximum Gasteiger partial charge on any atom is 0.416 e. The predicted molar refractivity (Wildman–Crippen MR) is 126 cm³/mol. The van der Waals surface area contributed by atoms with Crippen molar-refractivity contribution in [3.63, 3.8) is 0 Å². The highest BCUT2D eigenvalue weighted by atomic mass is 19.4. The molecule has 182 valence electrons. The Morgan fingerprint density at radius 3 is 2.37 bits per heavy atom. The zero-order valence-electron chi connectivity index (χ0n) is 19.4. The van der Waals surface area contributed by atoms with Crippen molar-refractivity contribution < 1.29 is 22.7 Å². The summed E-state index contributed by atoms with van der Waals surface area (Å²) >= 11 is 0. The number of hydrogen-bond donors (Lipinski definition) is 3. The van der Waals surface area contributed by atoms with Crippen LogP contribution in [0, 0.1) is 18.8 Å². The molecule has 0 atom stereocenters. The van der Waals surface area contributed by atoms with Gasteiger partial charge in [0.2, 0.25) is 5.95 Å². The number of nitrogens with zero attached hydrogens (tertiary/aromatic N) is 3. The van der Waals surface area contributed by atoms with Gasteiger partial charge in [0.15, 0.2) is 0 Å². The summed E-state index contributed by atoms with van der Waals surface area (Å²) in [4.78, 5) is 24.4. The molecular weight excluding hydrogens is 461 g/mol. The lowest BCUT2D eigenvalue weighted by Gasteiger charge is -2.20. The summed E-state index contributed by atoms with van der Waals surface area (Å²) in [5.74, 6) is 5.94. The van der Waals surface area contributed by atoms with E-state index >= 15 is 0 Å². The number of pyridine rings is 1. The number of aryl methyl sites for hydroxylation is 1. The van der Waals surface area contributed by atoms with E-state index in [1.165, 1.54) is 12.3 Å². The van der Waals surface area contributed by atoms with Crippen molar-refractivity contribution >= 4 is 23.5 Å². The number of ether oxygens (including phenoxy) is 1. The first-order valence-corrected chi connectivity index (χ1v) is 10.3. The van der Waals surface area contributed by atoms with Gasteiger partial charge in [0.1, 0.15) is 11.4 Å². The molecule has 0 spiro atoms. The van der Waals surface area contributed by atoms with Crippen LogP contribution in [0.2, 0.25) is 0 Å². The highest BCUT2D eigenvalue weighted by Gasteiger charge is 2.32. The van der Waals surface area contributed by atoms with Crippen LogP contribution in [0.1, 0.15) is 43.2 Å². The number of nitrogen functional groups attached to an aromatic ring is 2. The van der Waals surface area contributed by atoms with Crippen LogP contribution in [-0.2, 0) is 10.9 Å². The monoisotopic (exact) mass is 484 g/mol. The number of rotatable bonds is 2. The minimum Gasteiger partial charge on any atom is -0.444 e. The molecule has 0 fully saturated rings. The topological polar surface area (TPSA) is 129 Å². The molecule has 0 saturated carbocycles. The second-order valence-electron chi connectivity index (χ2n) is 8.54. The Kier molecular flexibility index (Phi) is 6.87. The second-order valence-corrected chi connectivity index (χ2v) is 8.54. The lowest BCUT2D eigenvalue weighted by molar-refractivity contribution is -0.137. The van der Waals surface area contributed by atoms with Crippen molar-refractivity contribution in [1.29, 1.82) is 0 Å². The molecule has 0 saturated heterocycles. The minimum absolute atomic E-state index is 0.0304. The van der Waals surface area contributed by atoms with Crippen LogP contribution in [0.15, 0.2) is 36.5 Å². The number of nitrogens with two attached hydrogens (primary N) is 2. The number of alkyl halides is 3. The van der Waals surface area contributed by atoms with Crippen molar-refractivity contribution in [3.8, 4) is 23.1 Å². The fourth-order valence-electron chi connectivity index (χ4n) is 2.99. The molecule has 8 nitrogen and oxygen atoms in total. The zero-order valence-corrected chi connectivity index (χ0v) is 19.4. The molecule has 1 amide bonds. The molecule has 3 aromatic rings. The van der Waals surface area contributed by atoms with Crippen LogP contribution in [0.4, 0.5) is 35.4 Å². The molecule has 0 bridgehead atoms.